The van der Waals surface area contributed by atoms with Crippen molar-refractivity contribution in [2.45, 2.75) is 46.1 Å². The van der Waals surface area contributed by atoms with E-state index in [9.17, 15) is 4.79 Å². The van der Waals surface area contributed by atoms with E-state index < -0.39 is 12.0 Å². The van der Waals surface area contributed by atoms with Crippen LogP contribution in [-0.2, 0) is 4.79 Å². The van der Waals surface area contributed by atoms with Crippen LogP contribution in [0, 0.1) is 5.92 Å². The standard InChI is InChI=1S/C11H19N3O2S/c1-6(2)5-8(10(15)16)12-11-13-9(7(3)4)14-17-11/h6-8H,5H2,1-4H3,(H,15,16)(H,12,13,14). The number of nitrogens with zero attached hydrogens (tertiary/aromatic N) is 2. The van der Waals surface area contributed by atoms with Gasteiger partial charge in [-0.05, 0) is 12.3 Å². The number of hydrogen-bond acceptors (Lipinski definition) is 5. The lowest BCUT2D eigenvalue weighted by Gasteiger charge is -2.15. The molecule has 0 aromatic carbocycles. The summed E-state index contributed by atoms with van der Waals surface area (Å²) in [6, 6.07) is -0.594. The van der Waals surface area contributed by atoms with Gasteiger partial charge in [0.2, 0.25) is 5.13 Å². The SMILES string of the molecule is CC(C)CC(Nc1nc(C(C)C)ns1)C(=O)O. The van der Waals surface area contributed by atoms with Crippen molar-refractivity contribution in [3.8, 4) is 0 Å². The molecule has 0 bridgehead atoms. The summed E-state index contributed by atoms with van der Waals surface area (Å²) in [4.78, 5) is 15.3. The molecule has 0 aliphatic carbocycles. The lowest BCUT2D eigenvalue weighted by molar-refractivity contribution is -0.138. The molecule has 2 N–H and O–H groups in total. The third-order valence-corrected chi connectivity index (χ3v) is 2.92. The number of anilines is 1. The van der Waals surface area contributed by atoms with Crippen LogP contribution >= 0.6 is 11.5 Å². The van der Waals surface area contributed by atoms with Crippen LogP contribution < -0.4 is 5.32 Å². The van der Waals surface area contributed by atoms with Crippen molar-refractivity contribution in [2.24, 2.45) is 5.92 Å². The molecule has 0 aliphatic rings. The van der Waals surface area contributed by atoms with Crippen molar-refractivity contribution in [3.05, 3.63) is 5.82 Å². The molecule has 0 saturated carbocycles. The molecule has 1 aromatic heterocycles. The van der Waals surface area contributed by atoms with Gasteiger partial charge in [0.25, 0.3) is 0 Å². The second-order valence-electron chi connectivity index (χ2n) is 4.78. The van der Waals surface area contributed by atoms with Crippen LogP contribution in [0.3, 0.4) is 0 Å². The van der Waals surface area contributed by atoms with Gasteiger partial charge in [-0.25, -0.2) is 9.78 Å². The van der Waals surface area contributed by atoms with Crippen molar-refractivity contribution < 1.29 is 9.90 Å². The largest absolute Gasteiger partial charge is 0.480 e. The van der Waals surface area contributed by atoms with Crippen molar-refractivity contribution in [2.75, 3.05) is 5.32 Å². The van der Waals surface area contributed by atoms with Gasteiger partial charge in [-0.15, -0.1) is 0 Å². The smallest absolute Gasteiger partial charge is 0.326 e. The first kappa shape index (κ1) is 13.9. The number of carboxylic acid groups (broad SMARTS) is 1. The number of rotatable bonds is 6. The molecule has 0 fully saturated rings. The van der Waals surface area contributed by atoms with Gasteiger partial charge < -0.3 is 10.4 Å². The summed E-state index contributed by atoms with van der Waals surface area (Å²) in [6.45, 7) is 8.01. The molecule has 5 nitrogen and oxygen atoms in total. The van der Waals surface area contributed by atoms with Gasteiger partial charge in [-0.3, -0.25) is 0 Å². The maximum absolute atomic E-state index is 11.1. The van der Waals surface area contributed by atoms with E-state index >= 15 is 0 Å². The summed E-state index contributed by atoms with van der Waals surface area (Å²) in [5.74, 6) is 0.488. The van der Waals surface area contributed by atoms with Gasteiger partial charge in [0.05, 0.1) is 0 Å². The Kier molecular flexibility index (Phi) is 4.86. The molecule has 0 spiro atoms. The van der Waals surface area contributed by atoms with Crippen LogP contribution in [-0.4, -0.2) is 26.5 Å². The van der Waals surface area contributed by atoms with E-state index in [2.05, 4.69) is 14.7 Å². The molecule has 0 aliphatic heterocycles. The highest BCUT2D eigenvalue weighted by molar-refractivity contribution is 7.09. The normalized spacial score (nSPS) is 13.1. The van der Waals surface area contributed by atoms with E-state index in [4.69, 9.17) is 5.11 Å². The monoisotopic (exact) mass is 257 g/mol. The van der Waals surface area contributed by atoms with Crippen LogP contribution in [0.4, 0.5) is 5.13 Å². The van der Waals surface area contributed by atoms with Crippen molar-refractivity contribution in [3.63, 3.8) is 0 Å². The highest BCUT2D eigenvalue weighted by atomic mass is 32.1. The summed E-state index contributed by atoms with van der Waals surface area (Å²) in [5.41, 5.74) is 0. The fraction of sp³-hybridized carbons (Fsp3) is 0.727. The van der Waals surface area contributed by atoms with Gasteiger partial charge >= 0.3 is 5.97 Å². The Labute approximate surface area is 105 Å². The molecule has 1 heterocycles. The average Bonchev–Trinajstić information content (AvgIpc) is 2.64. The molecular weight excluding hydrogens is 238 g/mol. The summed E-state index contributed by atoms with van der Waals surface area (Å²) in [7, 11) is 0. The van der Waals surface area contributed by atoms with Crippen LogP contribution in [0.2, 0.25) is 0 Å². The number of carboxylic acids is 1. The molecule has 1 rings (SSSR count). The summed E-state index contributed by atoms with van der Waals surface area (Å²) in [5, 5.41) is 12.6. The highest BCUT2D eigenvalue weighted by Gasteiger charge is 2.20. The molecule has 0 radical (unpaired) electrons. The molecular formula is C11H19N3O2S. The molecule has 0 saturated heterocycles. The highest BCUT2D eigenvalue weighted by Crippen LogP contribution is 2.19. The van der Waals surface area contributed by atoms with E-state index in [-0.39, 0.29) is 5.92 Å². The minimum absolute atomic E-state index is 0.259. The Bertz CT molecular complexity index is 377. The second kappa shape index (κ2) is 5.95. The molecule has 1 aromatic rings. The third-order valence-electron chi connectivity index (χ3n) is 2.26. The Morgan fingerprint density at radius 2 is 2.06 bits per heavy atom. The Morgan fingerprint density at radius 1 is 1.41 bits per heavy atom. The maximum Gasteiger partial charge on any atom is 0.326 e. The van der Waals surface area contributed by atoms with Crippen LogP contribution in [0.25, 0.3) is 0 Å². The predicted octanol–water partition coefficient (Wildman–Crippen LogP) is 2.57. The first-order valence-electron chi connectivity index (χ1n) is 5.73. The Balaban J connectivity index is 2.68. The molecule has 96 valence electrons. The lowest BCUT2D eigenvalue weighted by atomic mass is 10.0. The minimum Gasteiger partial charge on any atom is -0.480 e. The number of nitrogens with one attached hydrogen (secondary N) is 1. The quantitative estimate of drug-likeness (QED) is 0.819. The van der Waals surface area contributed by atoms with Gasteiger partial charge in [0.15, 0.2) is 0 Å². The van der Waals surface area contributed by atoms with Gasteiger partial charge in [0, 0.05) is 17.5 Å². The zero-order chi connectivity index (χ0) is 13.0. The van der Waals surface area contributed by atoms with Crippen LogP contribution in [0.5, 0.6) is 0 Å². The molecule has 6 heteroatoms. The van der Waals surface area contributed by atoms with Crippen molar-refractivity contribution in [1.29, 1.82) is 0 Å². The number of carbonyl (C=O) groups is 1. The van der Waals surface area contributed by atoms with Gasteiger partial charge in [-0.1, -0.05) is 27.7 Å². The third kappa shape index (κ3) is 4.30. The van der Waals surface area contributed by atoms with E-state index in [1.165, 1.54) is 11.5 Å². The molecule has 0 amide bonds. The average molecular weight is 257 g/mol. The van der Waals surface area contributed by atoms with E-state index in [0.717, 1.165) is 5.82 Å². The summed E-state index contributed by atoms with van der Waals surface area (Å²) < 4.78 is 4.18. The fourth-order valence-electron chi connectivity index (χ4n) is 1.37. The van der Waals surface area contributed by atoms with Crippen LogP contribution in [0.1, 0.15) is 45.9 Å². The maximum atomic E-state index is 11.1. The molecule has 17 heavy (non-hydrogen) atoms. The number of hydrogen-bond donors (Lipinski definition) is 2. The predicted molar refractivity (Wildman–Crippen MR) is 68.5 cm³/mol. The van der Waals surface area contributed by atoms with E-state index in [0.29, 0.717) is 17.5 Å². The summed E-state index contributed by atoms with van der Waals surface area (Å²) >= 11 is 1.22. The second-order valence-corrected chi connectivity index (χ2v) is 5.53. The Hall–Kier alpha value is -1.17. The number of aromatic nitrogens is 2. The van der Waals surface area contributed by atoms with Crippen LogP contribution in [0.15, 0.2) is 0 Å². The molecule has 1 atom stereocenters. The number of aliphatic carboxylic acids is 1. The van der Waals surface area contributed by atoms with Crippen molar-refractivity contribution >= 4 is 22.6 Å². The van der Waals surface area contributed by atoms with E-state index in [1.807, 2.05) is 27.7 Å². The minimum atomic E-state index is -0.847. The van der Waals surface area contributed by atoms with Gasteiger partial charge in [-0.2, -0.15) is 4.37 Å². The fourth-order valence-corrected chi connectivity index (χ4v) is 2.13. The molecule has 1 unspecified atom stereocenters. The zero-order valence-electron chi connectivity index (χ0n) is 10.6. The summed E-state index contributed by atoms with van der Waals surface area (Å²) in [6.07, 6.45) is 0.575. The Morgan fingerprint density at radius 3 is 2.47 bits per heavy atom. The van der Waals surface area contributed by atoms with Crippen molar-refractivity contribution in [1.82, 2.24) is 9.36 Å². The first-order chi connectivity index (χ1) is 7.90. The topological polar surface area (TPSA) is 75.1 Å². The zero-order valence-corrected chi connectivity index (χ0v) is 11.4. The first-order valence-corrected chi connectivity index (χ1v) is 6.50. The van der Waals surface area contributed by atoms with E-state index in [1.54, 1.807) is 0 Å². The van der Waals surface area contributed by atoms with Gasteiger partial charge in [0.1, 0.15) is 11.9 Å². The lowest BCUT2D eigenvalue weighted by Crippen LogP contribution is -2.30.